The van der Waals surface area contributed by atoms with Crippen LogP contribution in [-0.2, 0) is 4.79 Å². The van der Waals surface area contributed by atoms with Gasteiger partial charge in [0.1, 0.15) is 5.75 Å². The number of carboxylic acid groups (broad SMARTS) is 1. The van der Waals surface area contributed by atoms with Gasteiger partial charge in [-0.2, -0.15) is 0 Å². The quantitative estimate of drug-likeness (QED) is 0.925. The van der Waals surface area contributed by atoms with E-state index in [4.69, 9.17) is 9.84 Å². The molecule has 1 aromatic carbocycles. The van der Waals surface area contributed by atoms with E-state index in [0.717, 1.165) is 5.75 Å². The van der Waals surface area contributed by atoms with E-state index in [1.54, 1.807) is 29.2 Å². The van der Waals surface area contributed by atoms with Gasteiger partial charge in [0, 0.05) is 18.7 Å². The smallest absolute Gasteiger partial charge is 0.306 e. The van der Waals surface area contributed by atoms with Crippen LogP contribution in [0.4, 0.5) is 0 Å². The molecule has 0 radical (unpaired) electrons. The van der Waals surface area contributed by atoms with Gasteiger partial charge >= 0.3 is 5.97 Å². The molecule has 114 valence electrons. The predicted octanol–water partition coefficient (Wildman–Crippen LogP) is 2.41. The van der Waals surface area contributed by atoms with Gasteiger partial charge in [-0.05, 0) is 51.0 Å². The lowest BCUT2D eigenvalue weighted by atomic mass is 9.96. The zero-order chi connectivity index (χ0) is 15.4. The molecule has 1 amide bonds. The number of piperidine rings is 1. The molecule has 0 spiro atoms. The Morgan fingerprint density at radius 2 is 1.76 bits per heavy atom. The van der Waals surface area contributed by atoms with Crippen LogP contribution in [0.5, 0.6) is 5.75 Å². The monoisotopic (exact) mass is 291 g/mol. The molecule has 0 saturated carbocycles. The van der Waals surface area contributed by atoms with Gasteiger partial charge in [0.15, 0.2) is 0 Å². The van der Waals surface area contributed by atoms with Crippen molar-refractivity contribution in [3.63, 3.8) is 0 Å². The van der Waals surface area contributed by atoms with Crippen LogP contribution in [0.1, 0.15) is 37.0 Å². The van der Waals surface area contributed by atoms with Crippen LogP contribution >= 0.6 is 0 Å². The highest BCUT2D eigenvalue weighted by Crippen LogP contribution is 2.20. The first-order chi connectivity index (χ1) is 9.97. The van der Waals surface area contributed by atoms with Gasteiger partial charge in [-0.25, -0.2) is 0 Å². The largest absolute Gasteiger partial charge is 0.491 e. The molecular formula is C16H21NO4. The van der Waals surface area contributed by atoms with Crippen molar-refractivity contribution in [2.45, 2.75) is 32.8 Å². The molecule has 1 N–H and O–H groups in total. The van der Waals surface area contributed by atoms with Crippen molar-refractivity contribution >= 4 is 11.9 Å². The van der Waals surface area contributed by atoms with Crippen LogP contribution in [0.3, 0.4) is 0 Å². The van der Waals surface area contributed by atoms with Gasteiger partial charge in [-0.3, -0.25) is 9.59 Å². The van der Waals surface area contributed by atoms with Crippen LogP contribution in [0.15, 0.2) is 24.3 Å². The number of aliphatic carboxylic acids is 1. The van der Waals surface area contributed by atoms with E-state index in [-0.39, 0.29) is 17.9 Å². The Bertz CT molecular complexity index is 502. The number of rotatable bonds is 4. The van der Waals surface area contributed by atoms with E-state index in [1.165, 1.54) is 0 Å². The van der Waals surface area contributed by atoms with Crippen molar-refractivity contribution < 1.29 is 19.4 Å². The van der Waals surface area contributed by atoms with Gasteiger partial charge in [-0.15, -0.1) is 0 Å². The summed E-state index contributed by atoms with van der Waals surface area (Å²) in [6, 6.07) is 7.08. The first-order valence-corrected chi connectivity index (χ1v) is 7.26. The van der Waals surface area contributed by atoms with Crippen LogP contribution in [0, 0.1) is 5.92 Å². The fourth-order valence-electron chi connectivity index (χ4n) is 2.46. The summed E-state index contributed by atoms with van der Waals surface area (Å²) in [6.45, 7) is 4.90. The van der Waals surface area contributed by atoms with Crippen molar-refractivity contribution in [3.05, 3.63) is 29.8 Å². The molecule has 5 nitrogen and oxygen atoms in total. The number of hydrogen-bond donors (Lipinski definition) is 1. The summed E-state index contributed by atoms with van der Waals surface area (Å²) in [4.78, 5) is 25.0. The van der Waals surface area contributed by atoms with Crippen LogP contribution < -0.4 is 4.74 Å². The number of carbonyl (C=O) groups excluding carboxylic acids is 1. The summed E-state index contributed by atoms with van der Waals surface area (Å²) in [5, 5.41) is 8.97. The molecule has 0 aliphatic carbocycles. The van der Waals surface area contributed by atoms with Gasteiger partial charge in [0.05, 0.1) is 12.0 Å². The minimum atomic E-state index is -0.766. The number of hydrogen-bond acceptors (Lipinski definition) is 3. The summed E-state index contributed by atoms with van der Waals surface area (Å²) in [5.41, 5.74) is 0.611. The number of nitrogens with zero attached hydrogens (tertiary/aromatic N) is 1. The SMILES string of the molecule is CC(C)Oc1ccc(C(=O)N2CCC(C(=O)O)CC2)cc1. The van der Waals surface area contributed by atoms with E-state index in [0.29, 0.717) is 31.5 Å². The van der Waals surface area contributed by atoms with Crippen molar-refractivity contribution in [2.24, 2.45) is 5.92 Å². The highest BCUT2D eigenvalue weighted by atomic mass is 16.5. The third kappa shape index (κ3) is 3.97. The molecule has 1 fully saturated rings. The third-order valence-electron chi connectivity index (χ3n) is 3.60. The second kappa shape index (κ2) is 6.61. The molecule has 1 saturated heterocycles. The molecule has 0 bridgehead atoms. The van der Waals surface area contributed by atoms with E-state index in [1.807, 2.05) is 13.8 Å². The summed E-state index contributed by atoms with van der Waals surface area (Å²) in [7, 11) is 0. The highest BCUT2D eigenvalue weighted by molar-refractivity contribution is 5.94. The molecule has 21 heavy (non-hydrogen) atoms. The zero-order valence-corrected chi connectivity index (χ0v) is 12.4. The van der Waals surface area contributed by atoms with E-state index < -0.39 is 5.97 Å². The van der Waals surface area contributed by atoms with Crippen LogP contribution in [-0.4, -0.2) is 41.1 Å². The van der Waals surface area contributed by atoms with Gasteiger partial charge < -0.3 is 14.7 Å². The first kappa shape index (κ1) is 15.4. The average Bonchev–Trinajstić information content (AvgIpc) is 2.47. The molecule has 1 heterocycles. The van der Waals surface area contributed by atoms with Crippen molar-refractivity contribution in [1.82, 2.24) is 4.90 Å². The number of carbonyl (C=O) groups is 2. The van der Waals surface area contributed by atoms with Gasteiger partial charge in [0.2, 0.25) is 0 Å². The molecule has 1 aromatic rings. The highest BCUT2D eigenvalue weighted by Gasteiger charge is 2.27. The number of amides is 1. The van der Waals surface area contributed by atoms with E-state index in [9.17, 15) is 9.59 Å². The minimum absolute atomic E-state index is 0.0464. The molecule has 0 unspecified atom stereocenters. The Kier molecular flexibility index (Phi) is 4.83. The maximum absolute atomic E-state index is 12.3. The summed E-state index contributed by atoms with van der Waals surface area (Å²) < 4.78 is 5.54. The Labute approximate surface area is 124 Å². The van der Waals surface area contributed by atoms with Crippen LogP contribution in [0.25, 0.3) is 0 Å². The third-order valence-corrected chi connectivity index (χ3v) is 3.60. The van der Waals surface area contributed by atoms with E-state index >= 15 is 0 Å². The van der Waals surface area contributed by atoms with Crippen molar-refractivity contribution in [2.75, 3.05) is 13.1 Å². The lowest BCUT2D eigenvalue weighted by Gasteiger charge is -2.30. The average molecular weight is 291 g/mol. The summed E-state index contributed by atoms with van der Waals surface area (Å²) in [5.74, 6) is -0.394. The number of carboxylic acids is 1. The lowest BCUT2D eigenvalue weighted by molar-refractivity contribution is -0.143. The Balaban J connectivity index is 1.96. The Hall–Kier alpha value is -2.04. The number of ether oxygens (including phenoxy) is 1. The molecule has 0 aromatic heterocycles. The van der Waals surface area contributed by atoms with Gasteiger partial charge in [0.25, 0.3) is 5.91 Å². The molecule has 2 rings (SSSR count). The summed E-state index contributed by atoms with van der Waals surface area (Å²) >= 11 is 0. The van der Waals surface area contributed by atoms with E-state index in [2.05, 4.69) is 0 Å². The minimum Gasteiger partial charge on any atom is -0.491 e. The fraction of sp³-hybridized carbons (Fsp3) is 0.500. The normalized spacial score (nSPS) is 16.0. The maximum atomic E-state index is 12.3. The molecule has 0 atom stereocenters. The predicted molar refractivity (Wildman–Crippen MR) is 78.5 cm³/mol. The molecular weight excluding hydrogens is 270 g/mol. The van der Waals surface area contributed by atoms with Crippen molar-refractivity contribution in [1.29, 1.82) is 0 Å². The van der Waals surface area contributed by atoms with Crippen molar-refractivity contribution in [3.8, 4) is 5.75 Å². The second-order valence-corrected chi connectivity index (χ2v) is 5.60. The Morgan fingerprint density at radius 3 is 2.24 bits per heavy atom. The maximum Gasteiger partial charge on any atom is 0.306 e. The Morgan fingerprint density at radius 1 is 1.19 bits per heavy atom. The topological polar surface area (TPSA) is 66.8 Å². The fourth-order valence-corrected chi connectivity index (χ4v) is 2.46. The number of likely N-dealkylation sites (tertiary alicyclic amines) is 1. The molecule has 1 aliphatic rings. The van der Waals surface area contributed by atoms with Gasteiger partial charge in [-0.1, -0.05) is 0 Å². The lowest BCUT2D eigenvalue weighted by Crippen LogP contribution is -2.40. The first-order valence-electron chi connectivity index (χ1n) is 7.26. The second-order valence-electron chi connectivity index (χ2n) is 5.60. The van der Waals surface area contributed by atoms with Crippen LogP contribution in [0.2, 0.25) is 0 Å². The molecule has 1 aliphatic heterocycles. The standard InChI is InChI=1S/C16H21NO4/c1-11(2)21-14-5-3-12(4-6-14)15(18)17-9-7-13(8-10-17)16(19)20/h3-6,11,13H,7-10H2,1-2H3,(H,19,20). The zero-order valence-electron chi connectivity index (χ0n) is 12.4. The summed E-state index contributed by atoms with van der Waals surface area (Å²) in [6.07, 6.45) is 1.15. The number of benzene rings is 1. The molecule has 5 heteroatoms.